The van der Waals surface area contributed by atoms with Gasteiger partial charge in [0.2, 0.25) is 0 Å². The van der Waals surface area contributed by atoms with Crippen molar-refractivity contribution in [1.82, 2.24) is 0 Å². The molecule has 0 spiro atoms. The minimum atomic E-state index is 0. The molecular weight excluding hydrogens is 102 g/mol. The highest BCUT2D eigenvalue weighted by Crippen LogP contribution is 2.09. The molecular formula is C6H17NO. The van der Waals surface area contributed by atoms with Crippen molar-refractivity contribution in [3.8, 4) is 0 Å². The van der Waals surface area contributed by atoms with Crippen molar-refractivity contribution >= 4 is 0 Å². The molecule has 0 amide bonds. The van der Waals surface area contributed by atoms with Crippen LogP contribution in [0.1, 0.15) is 22.2 Å². The van der Waals surface area contributed by atoms with Crippen LogP contribution in [0.2, 0.25) is 0 Å². The lowest BCUT2D eigenvalue weighted by molar-refractivity contribution is -0.0433. The molecule has 52 valence electrons. The van der Waals surface area contributed by atoms with E-state index in [-0.39, 0.29) is 6.97 Å². The molecule has 0 aliphatic carbocycles. The summed E-state index contributed by atoms with van der Waals surface area (Å²) in [4.78, 5) is 0. The van der Waals surface area contributed by atoms with Crippen LogP contribution >= 0.6 is 0 Å². The van der Waals surface area contributed by atoms with E-state index in [9.17, 15) is 0 Å². The second kappa shape index (κ2) is 3.05. The first-order valence-corrected chi connectivity index (χ1v) is 3.07. The molecule has 2 N–H and O–H groups in total. The summed E-state index contributed by atoms with van der Waals surface area (Å²) in [6.07, 6.45) is 0. The zero-order valence-electron chi connectivity index (χ0n) is 5.90. The molecule has 0 saturated carbocycles. The van der Waals surface area contributed by atoms with Crippen LogP contribution in [0, 0.1) is 0 Å². The summed E-state index contributed by atoms with van der Waals surface area (Å²) in [5.74, 6) is 0. The predicted molar refractivity (Wildman–Crippen MR) is 36.9 cm³/mol. The van der Waals surface area contributed by atoms with Crippen LogP contribution in [-0.4, -0.2) is 18.8 Å². The fourth-order valence-electron chi connectivity index (χ4n) is 0.424. The Morgan fingerprint density at radius 1 is 1.50 bits per heavy atom. The van der Waals surface area contributed by atoms with Crippen molar-refractivity contribution in [3.05, 3.63) is 0 Å². The van der Waals surface area contributed by atoms with E-state index in [1.54, 1.807) is 0 Å². The van der Waals surface area contributed by atoms with E-state index in [1.165, 1.54) is 0 Å². The standard InChI is InChI=1S/C4H9NO.C2H6.H2/c1-4(5)2-6-3-4;1-2;/h2-3,5H2,1H3;1-2H3;1H. The number of nitrogens with two attached hydrogens (primary N) is 1. The number of hydrogen-bond donors (Lipinski definition) is 1. The Labute approximate surface area is 52.5 Å². The molecule has 0 aromatic carbocycles. The third kappa shape index (κ3) is 2.28. The van der Waals surface area contributed by atoms with E-state index in [0.29, 0.717) is 0 Å². The van der Waals surface area contributed by atoms with Gasteiger partial charge < -0.3 is 10.5 Å². The molecule has 0 atom stereocenters. The Balaban J connectivity index is 0. The maximum absolute atomic E-state index is 5.50. The van der Waals surface area contributed by atoms with E-state index >= 15 is 0 Å². The Kier molecular flexibility index (Phi) is 3.02. The van der Waals surface area contributed by atoms with Gasteiger partial charge in [-0.3, -0.25) is 0 Å². The Morgan fingerprint density at radius 2 is 1.75 bits per heavy atom. The fourth-order valence-corrected chi connectivity index (χ4v) is 0.424. The quantitative estimate of drug-likeness (QED) is 0.516. The first kappa shape index (κ1) is 7.92. The zero-order valence-corrected chi connectivity index (χ0v) is 5.90. The van der Waals surface area contributed by atoms with Crippen LogP contribution in [0.4, 0.5) is 0 Å². The molecule has 0 unspecified atom stereocenters. The number of hydrogen-bond acceptors (Lipinski definition) is 2. The molecule has 0 bridgehead atoms. The van der Waals surface area contributed by atoms with E-state index in [1.807, 2.05) is 20.8 Å². The van der Waals surface area contributed by atoms with E-state index in [2.05, 4.69) is 0 Å². The first-order chi connectivity index (χ1) is 3.71. The lowest BCUT2D eigenvalue weighted by Crippen LogP contribution is -2.54. The van der Waals surface area contributed by atoms with Crippen molar-refractivity contribution in [2.75, 3.05) is 13.2 Å². The number of ether oxygens (including phenoxy) is 1. The molecule has 2 nitrogen and oxygen atoms in total. The van der Waals surface area contributed by atoms with Crippen molar-refractivity contribution < 1.29 is 6.16 Å². The number of rotatable bonds is 0. The summed E-state index contributed by atoms with van der Waals surface area (Å²) in [6, 6.07) is 0. The Hall–Kier alpha value is -0.0800. The summed E-state index contributed by atoms with van der Waals surface area (Å²) in [5.41, 5.74) is 5.50. The van der Waals surface area contributed by atoms with Crippen LogP contribution in [0.25, 0.3) is 0 Å². The maximum Gasteiger partial charge on any atom is 0.0667 e. The van der Waals surface area contributed by atoms with Gasteiger partial charge in [0.05, 0.1) is 18.8 Å². The van der Waals surface area contributed by atoms with Gasteiger partial charge >= 0.3 is 0 Å². The summed E-state index contributed by atoms with van der Waals surface area (Å²) in [7, 11) is 0. The summed E-state index contributed by atoms with van der Waals surface area (Å²) >= 11 is 0. The summed E-state index contributed by atoms with van der Waals surface area (Å²) < 4.78 is 4.81. The van der Waals surface area contributed by atoms with Gasteiger partial charge in [-0.25, -0.2) is 0 Å². The second-order valence-electron chi connectivity index (χ2n) is 2.15. The monoisotopic (exact) mass is 119 g/mol. The smallest absolute Gasteiger partial charge is 0.0667 e. The van der Waals surface area contributed by atoms with Crippen LogP contribution in [0.3, 0.4) is 0 Å². The van der Waals surface area contributed by atoms with E-state index in [4.69, 9.17) is 10.5 Å². The highest BCUT2D eigenvalue weighted by Gasteiger charge is 2.27. The Morgan fingerprint density at radius 3 is 1.75 bits per heavy atom. The van der Waals surface area contributed by atoms with Gasteiger partial charge in [-0.05, 0) is 6.92 Å². The molecule has 0 aromatic heterocycles. The average Bonchev–Trinajstić information content (AvgIpc) is 1.69. The SMILES string of the molecule is CC.CC1(N)COC1.[HH]. The fraction of sp³-hybridized carbons (Fsp3) is 1.00. The maximum atomic E-state index is 5.50. The molecule has 2 heteroatoms. The summed E-state index contributed by atoms with van der Waals surface area (Å²) in [6.45, 7) is 7.44. The van der Waals surface area contributed by atoms with Gasteiger partial charge in [-0.15, -0.1) is 0 Å². The first-order valence-electron chi connectivity index (χ1n) is 3.07. The highest BCUT2D eigenvalue weighted by molar-refractivity contribution is 4.84. The van der Waals surface area contributed by atoms with Crippen LogP contribution in [-0.2, 0) is 4.74 Å². The molecule has 1 heterocycles. The molecule has 8 heavy (non-hydrogen) atoms. The third-order valence-corrected chi connectivity index (χ3v) is 0.864. The largest absolute Gasteiger partial charge is 0.377 e. The van der Waals surface area contributed by atoms with E-state index < -0.39 is 0 Å². The molecule has 1 saturated heterocycles. The highest BCUT2D eigenvalue weighted by atomic mass is 16.5. The van der Waals surface area contributed by atoms with Gasteiger partial charge in [0, 0.05) is 1.43 Å². The minimum absolute atomic E-state index is 0. The lowest BCUT2D eigenvalue weighted by atomic mass is 10.0. The minimum Gasteiger partial charge on any atom is -0.377 e. The lowest BCUT2D eigenvalue weighted by Gasteiger charge is -2.33. The van der Waals surface area contributed by atoms with Gasteiger partial charge in [0.1, 0.15) is 0 Å². The van der Waals surface area contributed by atoms with Crippen molar-refractivity contribution in [3.63, 3.8) is 0 Å². The Bertz CT molecular complexity index is 60.1. The molecule has 1 rings (SSSR count). The van der Waals surface area contributed by atoms with Gasteiger partial charge in [-0.1, -0.05) is 13.8 Å². The van der Waals surface area contributed by atoms with Crippen molar-refractivity contribution in [2.24, 2.45) is 5.73 Å². The molecule has 1 fully saturated rings. The van der Waals surface area contributed by atoms with Crippen LogP contribution in [0.5, 0.6) is 0 Å². The second-order valence-corrected chi connectivity index (χ2v) is 2.15. The van der Waals surface area contributed by atoms with Crippen molar-refractivity contribution in [2.45, 2.75) is 26.3 Å². The molecule has 0 radical (unpaired) electrons. The van der Waals surface area contributed by atoms with Gasteiger partial charge in [-0.2, -0.15) is 0 Å². The third-order valence-electron chi connectivity index (χ3n) is 0.864. The topological polar surface area (TPSA) is 35.2 Å². The molecule has 1 aliphatic heterocycles. The van der Waals surface area contributed by atoms with Crippen LogP contribution in [0.15, 0.2) is 0 Å². The van der Waals surface area contributed by atoms with Gasteiger partial charge in [0.15, 0.2) is 0 Å². The van der Waals surface area contributed by atoms with Crippen LogP contribution < -0.4 is 5.73 Å². The predicted octanol–water partition coefficient (Wildman–Crippen LogP) is 1.01. The van der Waals surface area contributed by atoms with Gasteiger partial charge in [0.25, 0.3) is 0 Å². The molecule has 1 aliphatic rings. The van der Waals surface area contributed by atoms with Crippen molar-refractivity contribution in [1.29, 1.82) is 0 Å². The van der Waals surface area contributed by atoms with E-state index in [0.717, 1.165) is 13.2 Å². The normalized spacial score (nSPS) is 22.5. The summed E-state index contributed by atoms with van der Waals surface area (Å²) in [5, 5.41) is 0. The zero-order chi connectivity index (χ0) is 6.62. The molecule has 0 aromatic rings. The average molecular weight is 119 g/mol.